The average molecular weight is 304 g/mol. The highest BCUT2D eigenvalue weighted by Crippen LogP contribution is 2.23. The molecule has 1 N–H and O–H groups in total. The Balaban J connectivity index is 1.71. The second kappa shape index (κ2) is 6.15. The maximum Gasteiger partial charge on any atom is 0.0613 e. The normalized spacial score (nSPS) is 25.1. The van der Waals surface area contributed by atoms with Gasteiger partial charge in [0, 0.05) is 34.4 Å². The van der Waals surface area contributed by atoms with Gasteiger partial charge < -0.3 is 10.1 Å². The summed E-state index contributed by atoms with van der Waals surface area (Å²) in [6.45, 7) is 5.20. The Hall–Kier alpha value is 0.1000. The first kappa shape index (κ1) is 12.6. The van der Waals surface area contributed by atoms with E-state index in [1.54, 1.807) is 11.3 Å². The minimum atomic E-state index is 0.475. The molecule has 0 amide bonds. The molecule has 0 aliphatic carbocycles. The summed E-state index contributed by atoms with van der Waals surface area (Å²) >= 11 is 5.27. The van der Waals surface area contributed by atoms with Gasteiger partial charge in [0.05, 0.1) is 6.10 Å². The van der Waals surface area contributed by atoms with Gasteiger partial charge in [-0.3, -0.25) is 0 Å². The van der Waals surface area contributed by atoms with Crippen molar-refractivity contribution in [2.75, 3.05) is 13.2 Å². The fraction of sp³-hybridized carbons (Fsp3) is 0.667. The molecule has 2 unspecified atom stereocenters. The molecule has 16 heavy (non-hydrogen) atoms. The molecule has 0 radical (unpaired) electrons. The van der Waals surface area contributed by atoms with Gasteiger partial charge in [-0.2, -0.15) is 0 Å². The molecule has 1 aromatic rings. The predicted molar refractivity (Wildman–Crippen MR) is 71.9 cm³/mol. The molecule has 0 saturated carbocycles. The van der Waals surface area contributed by atoms with Crippen molar-refractivity contribution < 1.29 is 4.74 Å². The van der Waals surface area contributed by atoms with Gasteiger partial charge in [0.2, 0.25) is 0 Å². The minimum absolute atomic E-state index is 0.475. The number of rotatable bonds is 5. The first-order chi connectivity index (χ1) is 7.79. The van der Waals surface area contributed by atoms with Crippen molar-refractivity contribution in [3.05, 3.63) is 20.8 Å². The van der Waals surface area contributed by atoms with E-state index in [4.69, 9.17) is 4.74 Å². The molecular weight excluding hydrogens is 286 g/mol. The summed E-state index contributed by atoms with van der Waals surface area (Å²) < 4.78 is 6.86. The summed E-state index contributed by atoms with van der Waals surface area (Å²) in [4.78, 5) is 1.39. The summed E-state index contributed by atoms with van der Waals surface area (Å²) in [5, 5.41) is 5.66. The Labute approximate surface area is 110 Å². The lowest BCUT2D eigenvalue weighted by molar-refractivity contribution is 0.0872. The van der Waals surface area contributed by atoms with E-state index in [-0.39, 0.29) is 0 Å². The van der Waals surface area contributed by atoms with Crippen molar-refractivity contribution in [3.63, 3.8) is 0 Å². The molecule has 1 saturated heterocycles. The van der Waals surface area contributed by atoms with E-state index >= 15 is 0 Å². The third-order valence-corrected chi connectivity index (χ3v) is 4.77. The second-order valence-corrected chi connectivity index (χ2v) is 6.14. The highest BCUT2D eigenvalue weighted by molar-refractivity contribution is 9.10. The Bertz CT molecular complexity index is 329. The maximum atomic E-state index is 5.68. The van der Waals surface area contributed by atoms with Crippen LogP contribution in [0.25, 0.3) is 0 Å². The van der Waals surface area contributed by atoms with E-state index in [1.165, 1.54) is 15.8 Å². The summed E-state index contributed by atoms with van der Waals surface area (Å²) in [7, 11) is 0. The van der Waals surface area contributed by atoms with Crippen molar-refractivity contribution in [2.45, 2.75) is 32.4 Å². The van der Waals surface area contributed by atoms with Crippen LogP contribution in [0.1, 0.15) is 24.6 Å². The van der Waals surface area contributed by atoms with E-state index in [9.17, 15) is 0 Å². The topological polar surface area (TPSA) is 21.3 Å². The zero-order valence-corrected chi connectivity index (χ0v) is 11.9. The zero-order valence-electron chi connectivity index (χ0n) is 9.54. The number of hydrogen-bond donors (Lipinski definition) is 1. The van der Waals surface area contributed by atoms with E-state index < -0.39 is 0 Å². The number of nitrogens with one attached hydrogen (secondary N) is 1. The molecule has 90 valence electrons. The number of halogens is 1. The van der Waals surface area contributed by atoms with Crippen molar-refractivity contribution in [3.8, 4) is 0 Å². The van der Waals surface area contributed by atoms with Gasteiger partial charge in [0.15, 0.2) is 0 Å². The minimum Gasteiger partial charge on any atom is -0.378 e. The SMILES string of the molecule is CCC1OCCC1CNCc1cc(Br)cs1. The van der Waals surface area contributed by atoms with Crippen molar-refractivity contribution in [1.29, 1.82) is 0 Å². The quantitative estimate of drug-likeness (QED) is 0.900. The van der Waals surface area contributed by atoms with Gasteiger partial charge in [0.1, 0.15) is 0 Å². The third-order valence-electron chi connectivity index (χ3n) is 3.08. The highest BCUT2D eigenvalue weighted by Gasteiger charge is 2.25. The van der Waals surface area contributed by atoms with Crippen molar-refractivity contribution in [2.24, 2.45) is 5.92 Å². The lowest BCUT2D eigenvalue weighted by Gasteiger charge is -2.16. The molecule has 0 spiro atoms. The number of ether oxygens (including phenoxy) is 1. The van der Waals surface area contributed by atoms with Gasteiger partial charge in [-0.05, 0) is 40.8 Å². The van der Waals surface area contributed by atoms with Crippen LogP contribution in [0.3, 0.4) is 0 Å². The molecule has 2 rings (SSSR count). The van der Waals surface area contributed by atoms with Crippen LogP contribution in [0.2, 0.25) is 0 Å². The van der Waals surface area contributed by atoms with Crippen molar-refractivity contribution >= 4 is 27.3 Å². The average Bonchev–Trinajstić information content (AvgIpc) is 2.87. The van der Waals surface area contributed by atoms with E-state index in [0.29, 0.717) is 12.0 Å². The fourth-order valence-electron chi connectivity index (χ4n) is 2.20. The van der Waals surface area contributed by atoms with E-state index in [2.05, 4.69) is 39.6 Å². The van der Waals surface area contributed by atoms with Gasteiger partial charge in [-0.25, -0.2) is 0 Å². The summed E-state index contributed by atoms with van der Waals surface area (Å²) in [6.07, 6.45) is 2.82. The molecule has 2 atom stereocenters. The third kappa shape index (κ3) is 3.29. The molecule has 2 heterocycles. The van der Waals surface area contributed by atoms with Gasteiger partial charge in [-0.1, -0.05) is 6.92 Å². The van der Waals surface area contributed by atoms with Gasteiger partial charge in [-0.15, -0.1) is 11.3 Å². The second-order valence-electron chi connectivity index (χ2n) is 4.23. The Kier molecular flexibility index (Phi) is 4.82. The number of hydrogen-bond acceptors (Lipinski definition) is 3. The molecular formula is C12H18BrNOS. The monoisotopic (exact) mass is 303 g/mol. The molecule has 1 fully saturated rings. The lowest BCUT2D eigenvalue weighted by Crippen LogP contribution is -2.27. The molecule has 2 nitrogen and oxygen atoms in total. The standard InChI is InChI=1S/C12H18BrNOS/c1-2-12-9(3-4-15-12)6-14-7-11-5-10(13)8-16-11/h5,8-9,12,14H,2-4,6-7H2,1H3. The smallest absolute Gasteiger partial charge is 0.0613 e. The Morgan fingerprint density at radius 3 is 3.19 bits per heavy atom. The maximum absolute atomic E-state index is 5.68. The molecule has 0 aromatic carbocycles. The zero-order chi connectivity index (χ0) is 11.4. The van der Waals surface area contributed by atoms with Crippen molar-refractivity contribution in [1.82, 2.24) is 5.32 Å². The van der Waals surface area contributed by atoms with Crippen LogP contribution in [0.4, 0.5) is 0 Å². The number of thiophene rings is 1. The van der Waals surface area contributed by atoms with Crippen LogP contribution < -0.4 is 5.32 Å². The van der Waals surface area contributed by atoms with Crippen LogP contribution in [0.5, 0.6) is 0 Å². The Morgan fingerprint density at radius 2 is 2.50 bits per heavy atom. The molecule has 1 aliphatic rings. The largest absolute Gasteiger partial charge is 0.378 e. The van der Waals surface area contributed by atoms with Crippen LogP contribution in [0.15, 0.2) is 15.9 Å². The molecule has 4 heteroatoms. The van der Waals surface area contributed by atoms with Crippen LogP contribution >= 0.6 is 27.3 Å². The van der Waals surface area contributed by atoms with E-state index in [1.807, 2.05) is 0 Å². The summed E-state index contributed by atoms with van der Waals surface area (Å²) in [5.41, 5.74) is 0. The molecule has 1 aromatic heterocycles. The molecule has 0 bridgehead atoms. The van der Waals surface area contributed by atoms with E-state index in [0.717, 1.165) is 26.1 Å². The fourth-order valence-corrected chi connectivity index (χ4v) is 3.63. The van der Waals surface area contributed by atoms with Gasteiger partial charge >= 0.3 is 0 Å². The first-order valence-electron chi connectivity index (χ1n) is 5.85. The Morgan fingerprint density at radius 1 is 1.62 bits per heavy atom. The highest BCUT2D eigenvalue weighted by atomic mass is 79.9. The summed E-state index contributed by atoms with van der Waals surface area (Å²) in [6, 6.07) is 2.18. The lowest BCUT2D eigenvalue weighted by atomic mass is 10.00. The summed E-state index contributed by atoms with van der Waals surface area (Å²) in [5.74, 6) is 0.702. The molecule has 1 aliphatic heterocycles. The first-order valence-corrected chi connectivity index (χ1v) is 7.52. The van der Waals surface area contributed by atoms with Crippen LogP contribution in [0, 0.1) is 5.92 Å². The van der Waals surface area contributed by atoms with Crippen LogP contribution in [-0.2, 0) is 11.3 Å². The van der Waals surface area contributed by atoms with Gasteiger partial charge in [0.25, 0.3) is 0 Å². The predicted octanol–water partition coefficient (Wildman–Crippen LogP) is 3.42. The van der Waals surface area contributed by atoms with Crippen LogP contribution in [-0.4, -0.2) is 19.3 Å².